The average molecular weight is 321 g/mol. The van der Waals surface area contributed by atoms with Crippen LogP contribution >= 0.6 is 0 Å². The van der Waals surface area contributed by atoms with Crippen LogP contribution in [0.15, 0.2) is 18.3 Å². The molecule has 2 aliphatic heterocycles. The van der Waals surface area contributed by atoms with Gasteiger partial charge in [-0.15, -0.1) is 0 Å². The van der Waals surface area contributed by atoms with Gasteiger partial charge in [-0.05, 0) is 18.6 Å². The number of nitrogens with zero attached hydrogens (tertiary/aromatic N) is 3. The molecule has 2 saturated heterocycles. The van der Waals surface area contributed by atoms with E-state index < -0.39 is 0 Å². The minimum Gasteiger partial charge on any atom is -0.383 e. The summed E-state index contributed by atoms with van der Waals surface area (Å²) < 4.78 is 13.1. The number of aryl methyl sites for hydroxylation is 1. The molecule has 0 aliphatic carbocycles. The third kappa shape index (κ3) is 3.76. The van der Waals surface area contributed by atoms with E-state index in [4.69, 9.17) is 9.47 Å². The van der Waals surface area contributed by atoms with Crippen LogP contribution < -0.4 is 0 Å². The molecule has 6 heteroatoms. The summed E-state index contributed by atoms with van der Waals surface area (Å²) in [4.78, 5) is 17.0. The van der Waals surface area contributed by atoms with Crippen LogP contribution in [-0.2, 0) is 16.5 Å². The fourth-order valence-corrected chi connectivity index (χ4v) is 3.57. The maximum Gasteiger partial charge on any atom is 0.270 e. The molecule has 128 valence electrons. The third-order valence-corrected chi connectivity index (χ3v) is 4.99. The van der Waals surface area contributed by atoms with Crippen molar-refractivity contribution in [3.05, 3.63) is 24.0 Å². The van der Waals surface area contributed by atoms with Gasteiger partial charge in [-0.1, -0.05) is 0 Å². The Bertz CT molecular complexity index is 531. The molecule has 0 N–H and O–H groups in total. The first kappa shape index (κ1) is 16.5. The molecule has 3 heterocycles. The SMILES string of the molecule is COCCN1CCO[C@@H]2CN(C(=O)c3cccn3C)CC[C@@H]2C1. The molecule has 0 unspecified atom stereocenters. The first-order chi connectivity index (χ1) is 11.2. The molecule has 2 fully saturated rings. The van der Waals surface area contributed by atoms with E-state index in [0.717, 1.165) is 51.5 Å². The van der Waals surface area contributed by atoms with E-state index in [1.807, 2.05) is 34.8 Å². The number of carbonyl (C=O) groups excluding carboxylic acids is 1. The Balaban J connectivity index is 1.60. The van der Waals surface area contributed by atoms with Crippen LogP contribution in [0.1, 0.15) is 16.9 Å². The maximum absolute atomic E-state index is 12.7. The zero-order chi connectivity index (χ0) is 16.2. The van der Waals surface area contributed by atoms with Gasteiger partial charge in [0.1, 0.15) is 5.69 Å². The number of amides is 1. The Morgan fingerprint density at radius 2 is 2.26 bits per heavy atom. The molecule has 0 saturated carbocycles. The van der Waals surface area contributed by atoms with Crippen LogP contribution in [-0.4, -0.2) is 79.4 Å². The number of ether oxygens (including phenoxy) is 2. The standard InChI is InChI=1S/C17H27N3O3/c1-18-6-3-4-15(18)17(21)20-7-5-14-12-19(8-10-22-2)9-11-23-16(14)13-20/h3-4,6,14,16H,5,7-13H2,1-2H3/t14-,16-/m1/s1. The molecule has 0 aromatic carbocycles. The molecule has 2 atom stereocenters. The fraction of sp³-hybridized carbons (Fsp3) is 0.706. The van der Waals surface area contributed by atoms with Crippen LogP contribution in [0.2, 0.25) is 0 Å². The second kappa shape index (κ2) is 7.47. The van der Waals surface area contributed by atoms with Crippen LogP contribution in [0.4, 0.5) is 0 Å². The van der Waals surface area contributed by atoms with Crippen molar-refractivity contribution in [1.82, 2.24) is 14.4 Å². The molecule has 2 aliphatic rings. The summed E-state index contributed by atoms with van der Waals surface area (Å²) in [7, 11) is 3.65. The molecule has 0 bridgehead atoms. The zero-order valence-corrected chi connectivity index (χ0v) is 14.1. The highest BCUT2D eigenvalue weighted by atomic mass is 16.5. The summed E-state index contributed by atoms with van der Waals surface area (Å²) in [6.45, 7) is 5.95. The van der Waals surface area contributed by atoms with Crippen molar-refractivity contribution < 1.29 is 14.3 Å². The van der Waals surface area contributed by atoms with E-state index in [1.165, 1.54) is 0 Å². The number of aromatic nitrogens is 1. The smallest absolute Gasteiger partial charge is 0.270 e. The summed E-state index contributed by atoms with van der Waals surface area (Å²) in [5.41, 5.74) is 0.749. The highest BCUT2D eigenvalue weighted by Crippen LogP contribution is 2.25. The monoisotopic (exact) mass is 321 g/mol. The first-order valence-electron chi connectivity index (χ1n) is 8.42. The average Bonchev–Trinajstić information content (AvgIpc) is 2.88. The molecule has 1 aromatic heterocycles. The molecule has 23 heavy (non-hydrogen) atoms. The van der Waals surface area contributed by atoms with E-state index in [-0.39, 0.29) is 12.0 Å². The van der Waals surface area contributed by atoms with Crippen molar-refractivity contribution in [3.63, 3.8) is 0 Å². The maximum atomic E-state index is 12.7. The Hall–Kier alpha value is -1.37. The predicted molar refractivity (Wildman–Crippen MR) is 87.5 cm³/mol. The van der Waals surface area contributed by atoms with E-state index in [2.05, 4.69) is 4.90 Å². The van der Waals surface area contributed by atoms with Gasteiger partial charge in [-0.25, -0.2) is 0 Å². The van der Waals surface area contributed by atoms with Gasteiger partial charge in [0, 0.05) is 59.0 Å². The van der Waals surface area contributed by atoms with Gasteiger partial charge in [-0.2, -0.15) is 0 Å². The second-order valence-corrected chi connectivity index (χ2v) is 6.51. The van der Waals surface area contributed by atoms with Gasteiger partial charge >= 0.3 is 0 Å². The predicted octanol–water partition coefficient (Wildman–Crippen LogP) is 0.834. The van der Waals surface area contributed by atoms with Crippen LogP contribution in [0.3, 0.4) is 0 Å². The zero-order valence-electron chi connectivity index (χ0n) is 14.1. The molecule has 1 amide bonds. The van der Waals surface area contributed by atoms with Crippen molar-refractivity contribution >= 4 is 5.91 Å². The summed E-state index contributed by atoms with van der Waals surface area (Å²) >= 11 is 0. The topological polar surface area (TPSA) is 46.9 Å². The number of likely N-dealkylation sites (tertiary alicyclic amines) is 1. The first-order valence-corrected chi connectivity index (χ1v) is 8.42. The van der Waals surface area contributed by atoms with Gasteiger partial charge in [0.15, 0.2) is 0 Å². The minimum absolute atomic E-state index is 0.111. The number of fused-ring (bicyclic) bond motifs is 1. The Kier molecular flexibility index (Phi) is 5.35. The Morgan fingerprint density at radius 3 is 3.00 bits per heavy atom. The largest absolute Gasteiger partial charge is 0.383 e. The van der Waals surface area contributed by atoms with Gasteiger partial charge < -0.3 is 18.9 Å². The summed E-state index contributed by atoms with van der Waals surface area (Å²) in [5.74, 6) is 0.617. The summed E-state index contributed by atoms with van der Waals surface area (Å²) in [6.07, 6.45) is 3.07. The molecule has 6 nitrogen and oxygen atoms in total. The lowest BCUT2D eigenvalue weighted by molar-refractivity contribution is -0.0173. The van der Waals surface area contributed by atoms with Gasteiger partial charge in [-0.3, -0.25) is 9.69 Å². The quantitative estimate of drug-likeness (QED) is 0.824. The van der Waals surface area contributed by atoms with Crippen molar-refractivity contribution in [3.8, 4) is 0 Å². The van der Waals surface area contributed by atoms with Crippen molar-refractivity contribution in [2.24, 2.45) is 13.0 Å². The van der Waals surface area contributed by atoms with Crippen molar-refractivity contribution in [2.45, 2.75) is 12.5 Å². The summed E-state index contributed by atoms with van der Waals surface area (Å²) in [6, 6.07) is 3.80. The van der Waals surface area contributed by atoms with Crippen LogP contribution in [0.5, 0.6) is 0 Å². The highest BCUT2D eigenvalue weighted by molar-refractivity contribution is 5.92. The summed E-state index contributed by atoms with van der Waals surface area (Å²) in [5, 5.41) is 0. The molecular weight excluding hydrogens is 294 g/mol. The number of rotatable bonds is 4. The van der Waals surface area contributed by atoms with E-state index in [9.17, 15) is 4.79 Å². The minimum atomic E-state index is 0.111. The molecule has 1 aromatic rings. The molecule has 3 rings (SSSR count). The van der Waals surface area contributed by atoms with Crippen molar-refractivity contribution in [2.75, 3.05) is 53.0 Å². The Morgan fingerprint density at radius 1 is 1.39 bits per heavy atom. The molecular formula is C17H27N3O3. The highest BCUT2D eigenvalue weighted by Gasteiger charge is 2.35. The lowest BCUT2D eigenvalue weighted by Gasteiger charge is -2.38. The van der Waals surface area contributed by atoms with Crippen LogP contribution in [0, 0.1) is 5.92 Å². The van der Waals surface area contributed by atoms with Crippen molar-refractivity contribution in [1.29, 1.82) is 0 Å². The second-order valence-electron chi connectivity index (χ2n) is 6.51. The van der Waals surface area contributed by atoms with Gasteiger partial charge in [0.2, 0.25) is 0 Å². The Labute approximate surface area is 137 Å². The lowest BCUT2D eigenvalue weighted by Crippen LogP contribution is -2.49. The fourth-order valence-electron chi connectivity index (χ4n) is 3.57. The number of carbonyl (C=O) groups is 1. The normalized spacial score (nSPS) is 25.9. The number of hydrogen-bond donors (Lipinski definition) is 0. The van der Waals surface area contributed by atoms with Crippen LogP contribution in [0.25, 0.3) is 0 Å². The number of hydrogen-bond acceptors (Lipinski definition) is 4. The molecule has 0 radical (unpaired) electrons. The van der Waals surface area contributed by atoms with E-state index >= 15 is 0 Å². The third-order valence-electron chi connectivity index (χ3n) is 4.99. The van der Waals surface area contributed by atoms with Gasteiger partial charge in [0.25, 0.3) is 5.91 Å². The lowest BCUT2D eigenvalue weighted by atomic mass is 9.93. The van der Waals surface area contributed by atoms with E-state index in [1.54, 1.807) is 7.11 Å². The number of methoxy groups -OCH3 is 1. The molecule has 0 spiro atoms. The number of piperidine rings is 1. The van der Waals surface area contributed by atoms with Gasteiger partial charge in [0.05, 0.1) is 19.3 Å². The van der Waals surface area contributed by atoms with E-state index in [0.29, 0.717) is 12.5 Å².